The number of anilines is 1. The Balaban J connectivity index is 2.20. The summed E-state index contributed by atoms with van der Waals surface area (Å²) in [6.07, 6.45) is 0. The fourth-order valence-corrected chi connectivity index (χ4v) is 1.96. The first kappa shape index (κ1) is 14.8. The molecule has 2 rings (SSSR count). The van der Waals surface area contributed by atoms with E-state index in [1.54, 1.807) is 6.07 Å². The van der Waals surface area contributed by atoms with Crippen molar-refractivity contribution >= 4 is 17.4 Å². The minimum Gasteiger partial charge on any atom is -0.366 e. The van der Waals surface area contributed by atoms with Crippen LogP contribution in [0.5, 0.6) is 0 Å². The second-order valence-electron chi connectivity index (χ2n) is 5.81. The van der Waals surface area contributed by atoms with Crippen LogP contribution >= 0.6 is 11.6 Å². The Hall–Kier alpha value is -1.62. The van der Waals surface area contributed by atoms with Gasteiger partial charge in [-0.3, -0.25) is 0 Å². The molecule has 2 heterocycles. The average Bonchev–Trinajstić information content (AvgIpc) is 2.65. The Bertz CT molecular complexity index is 597. The number of aromatic nitrogens is 3. The number of hydrogen-bond donors (Lipinski definition) is 1. The fourth-order valence-electron chi connectivity index (χ4n) is 1.78. The van der Waals surface area contributed by atoms with Crippen molar-refractivity contribution in [2.75, 3.05) is 5.32 Å². The van der Waals surface area contributed by atoms with Crippen molar-refractivity contribution in [2.24, 2.45) is 0 Å². The van der Waals surface area contributed by atoms with E-state index in [0.717, 1.165) is 17.0 Å². The van der Waals surface area contributed by atoms with Crippen molar-refractivity contribution in [3.63, 3.8) is 0 Å². The highest BCUT2D eigenvalue weighted by Gasteiger charge is 2.19. The van der Waals surface area contributed by atoms with E-state index in [-0.39, 0.29) is 5.41 Å². The van der Waals surface area contributed by atoms with Gasteiger partial charge in [0.2, 0.25) is 0 Å². The Morgan fingerprint density at radius 3 is 2.50 bits per heavy atom. The van der Waals surface area contributed by atoms with Gasteiger partial charge in [0.05, 0.1) is 5.69 Å². The molecule has 0 radical (unpaired) electrons. The van der Waals surface area contributed by atoms with Gasteiger partial charge in [0.1, 0.15) is 22.6 Å². The highest BCUT2D eigenvalue weighted by molar-refractivity contribution is 6.29. The van der Waals surface area contributed by atoms with Gasteiger partial charge in [-0.2, -0.15) is 0 Å². The third-order valence-electron chi connectivity index (χ3n) is 2.99. The third kappa shape index (κ3) is 3.28. The quantitative estimate of drug-likeness (QED) is 0.876. The van der Waals surface area contributed by atoms with Crippen LogP contribution in [0.4, 0.5) is 5.82 Å². The molecule has 0 saturated heterocycles. The maximum Gasteiger partial charge on any atom is 0.138 e. The molecular weight excluding hydrogens is 276 g/mol. The lowest BCUT2D eigenvalue weighted by molar-refractivity contribution is 0.392. The molecule has 0 aliphatic heterocycles. The molecule has 0 bridgehead atoms. The zero-order valence-electron chi connectivity index (χ0n) is 12.4. The molecule has 0 spiro atoms. The first-order valence-electron chi connectivity index (χ1n) is 6.48. The van der Waals surface area contributed by atoms with Gasteiger partial charge in [0.25, 0.3) is 0 Å². The summed E-state index contributed by atoms with van der Waals surface area (Å²) in [6.45, 7) is 10.6. The summed E-state index contributed by atoms with van der Waals surface area (Å²) < 4.78 is 5.14. The molecule has 0 aliphatic rings. The standard InChI is InChI=1S/C14H19ClN4O/c1-8-10(9(2)20-19-8)7-16-12-6-11(15)17-13(18-12)14(3,4)5/h6H,7H2,1-5H3,(H,16,17,18). The van der Waals surface area contributed by atoms with Crippen molar-refractivity contribution in [1.29, 1.82) is 0 Å². The largest absolute Gasteiger partial charge is 0.366 e. The third-order valence-corrected chi connectivity index (χ3v) is 3.19. The lowest BCUT2D eigenvalue weighted by Crippen LogP contribution is -2.17. The highest BCUT2D eigenvalue weighted by atomic mass is 35.5. The Kier molecular flexibility index (Phi) is 3.99. The smallest absolute Gasteiger partial charge is 0.138 e. The Morgan fingerprint density at radius 2 is 1.95 bits per heavy atom. The number of halogens is 1. The van der Waals surface area contributed by atoms with E-state index in [9.17, 15) is 0 Å². The summed E-state index contributed by atoms with van der Waals surface area (Å²) in [7, 11) is 0. The second-order valence-corrected chi connectivity index (χ2v) is 6.19. The monoisotopic (exact) mass is 294 g/mol. The normalized spacial score (nSPS) is 11.7. The van der Waals surface area contributed by atoms with Crippen molar-refractivity contribution in [3.8, 4) is 0 Å². The van der Waals surface area contributed by atoms with E-state index in [4.69, 9.17) is 16.1 Å². The maximum absolute atomic E-state index is 6.06. The van der Waals surface area contributed by atoms with Crippen molar-refractivity contribution < 1.29 is 4.52 Å². The van der Waals surface area contributed by atoms with Gasteiger partial charge in [-0.05, 0) is 13.8 Å². The molecule has 0 amide bonds. The molecule has 2 aromatic heterocycles. The van der Waals surface area contributed by atoms with E-state index in [1.807, 2.05) is 13.8 Å². The minimum absolute atomic E-state index is 0.148. The van der Waals surface area contributed by atoms with E-state index >= 15 is 0 Å². The van der Waals surface area contributed by atoms with Gasteiger partial charge in [-0.25, -0.2) is 9.97 Å². The summed E-state index contributed by atoms with van der Waals surface area (Å²) in [4.78, 5) is 8.77. The fraction of sp³-hybridized carbons (Fsp3) is 0.500. The van der Waals surface area contributed by atoms with E-state index in [0.29, 0.717) is 23.3 Å². The number of nitrogens with one attached hydrogen (secondary N) is 1. The van der Waals surface area contributed by atoms with Gasteiger partial charge in [0, 0.05) is 23.6 Å². The summed E-state index contributed by atoms with van der Waals surface area (Å²) in [5.74, 6) is 2.23. The first-order chi connectivity index (χ1) is 9.27. The molecule has 108 valence electrons. The Labute approximate surface area is 123 Å². The zero-order chi connectivity index (χ0) is 14.9. The summed E-state index contributed by atoms with van der Waals surface area (Å²) >= 11 is 6.06. The molecule has 0 atom stereocenters. The van der Waals surface area contributed by atoms with Crippen LogP contribution in [0.1, 0.15) is 43.6 Å². The topological polar surface area (TPSA) is 63.8 Å². The molecule has 2 aromatic rings. The van der Waals surface area contributed by atoms with Crippen LogP contribution in [0.3, 0.4) is 0 Å². The number of aryl methyl sites for hydroxylation is 2. The van der Waals surface area contributed by atoms with Crippen molar-refractivity contribution in [3.05, 3.63) is 34.1 Å². The molecule has 20 heavy (non-hydrogen) atoms. The molecular formula is C14H19ClN4O. The zero-order valence-corrected chi connectivity index (χ0v) is 13.2. The molecule has 0 saturated carbocycles. The van der Waals surface area contributed by atoms with Crippen molar-refractivity contribution in [2.45, 2.75) is 46.6 Å². The molecule has 0 unspecified atom stereocenters. The Morgan fingerprint density at radius 1 is 1.25 bits per heavy atom. The van der Waals surface area contributed by atoms with Crippen LogP contribution in [-0.4, -0.2) is 15.1 Å². The van der Waals surface area contributed by atoms with Gasteiger partial charge >= 0.3 is 0 Å². The summed E-state index contributed by atoms with van der Waals surface area (Å²) in [6, 6.07) is 1.72. The lowest BCUT2D eigenvalue weighted by Gasteiger charge is -2.17. The van der Waals surface area contributed by atoms with Crippen LogP contribution in [-0.2, 0) is 12.0 Å². The molecule has 0 aliphatic carbocycles. The number of nitrogens with zero attached hydrogens (tertiary/aromatic N) is 3. The summed E-state index contributed by atoms with van der Waals surface area (Å²) in [5.41, 5.74) is 1.77. The van der Waals surface area contributed by atoms with Crippen molar-refractivity contribution in [1.82, 2.24) is 15.1 Å². The summed E-state index contributed by atoms with van der Waals surface area (Å²) in [5, 5.41) is 7.61. The molecule has 6 heteroatoms. The molecule has 0 fully saturated rings. The van der Waals surface area contributed by atoms with Gasteiger partial charge in [-0.15, -0.1) is 0 Å². The average molecular weight is 295 g/mol. The molecule has 1 N–H and O–H groups in total. The van der Waals surface area contributed by atoms with Gasteiger partial charge in [0.15, 0.2) is 0 Å². The van der Waals surface area contributed by atoms with Crippen LogP contribution < -0.4 is 5.32 Å². The molecule has 5 nitrogen and oxygen atoms in total. The minimum atomic E-state index is -0.148. The number of hydrogen-bond acceptors (Lipinski definition) is 5. The van der Waals surface area contributed by atoms with E-state index < -0.39 is 0 Å². The van der Waals surface area contributed by atoms with Gasteiger partial charge in [-0.1, -0.05) is 37.5 Å². The van der Waals surface area contributed by atoms with Crippen LogP contribution in [0, 0.1) is 13.8 Å². The molecule has 0 aromatic carbocycles. The first-order valence-corrected chi connectivity index (χ1v) is 6.86. The van der Waals surface area contributed by atoms with Gasteiger partial charge < -0.3 is 9.84 Å². The van der Waals surface area contributed by atoms with E-state index in [1.165, 1.54) is 0 Å². The maximum atomic E-state index is 6.06. The number of rotatable bonds is 3. The van der Waals surface area contributed by atoms with Crippen LogP contribution in [0.15, 0.2) is 10.6 Å². The van der Waals surface area contributed by atoms with E-state index in [2.05, 4.69) is 41.2 Å². The van der Waals surface area contributed by atoms with Crippen LogP contribution in [0.25, 0.3) is 0 Å². The lowest BCUT2D eigenvalue weighted by atomic mass is 9.96. The SMILES string of the molecule is Cc1noc(C)c1CNc1cc(Cl)nc(C(C)(C)C)n1. The van der Waals surface area contributed by atoms with Crippen LogP contribution in [0.2, 0.25) is 5.15 Å². The second kappa shape index (κ2) is 5.40. The predicted molar refractivity (Wildman–Crippen MR) is 79.0 cm³/mol. The highest BCUT2D eigenvalue weighted by Crippen LogP contribution is 2.23. The predicted octanol–water partition coefficient (Wildman–Crippen LogP) is 3.64.